The first-order valence-corrected chi connectivity index (χ1v) is 7.12. The molecule has 0 fully saturated rings. The number of hydrogen-bond acceptors (Lipinski definition) is 5. The third-order valence-electron chi connectivity index (χ3n) is 2.07. The molecule has 1 heterocycles. The molecule has 5 nitrogen and oxygen atoms in total. The molecule has 96 valence electrons. The lowest BCUT2D eigenvalue weighted by atomic mass is 10.3. The SMILES string of the molecule is Cc1ncc(S(=O)(=O)Nc2ccc(F)cc2O)s1. The van der Waals surface area contributed by atoms with Crippen LogP contribution in [0.1, 0.15) is 5.01 Å². The van der Waals surface area contributed by atoms with E-state index in [4.69, 9.17) is 0 Å². The van der Waals surface area contributed by atoms with E-state index in [2.05, 4.69) is 9.71 Å². The lowest BCUT2D eigenvalue weighted by molar-refractivity contribution is 0.471. The van der Waals surface area contributed by atoms with Crippen LogP contribution in [0.2, 0.25) is 0 Å². The van der Waals surface area contributed by atoms with Crippen molar-refractivity contribution in [2.24, 2.45) is 0 Å². The van der Waals surface area contributed by atoms with Crippen molar-refractivity contribution in [3.63, 3.8) is 0 Å². The number of phenols is 1. The summed E-state index contributed by atoms with van der Waals surface area (Å²) in [5.74, 6) is -1.12. The standard InChI is InChI=1S/C10H9FN2O3S2/c1-6-12-5-10(17-6)18(15,16)13-8-3-2-7(11)4-9(8)14/h2-5,13-14H,1H3. The summed E-state index contributed by atoms with van der Waals surface area (Å²) in [5.41, 5.74) is -0.0811. The van der Waals surface area contributed by atoms with Gasteiger partial charge in [-0.1, -0.05) is 0 Å². The van der Waals surface area contributed by atoms with Gasteiger partial charge < -0.3 is 5.11 Å². The molecule has 0 aliphatic carbocycles. The van der Waals surface area contributed by atoms with Crippen LogP contribution in [0, 0.1) is 12.7 Å². The van der Waals surface area contributed by atoms with Gasteiger partial charge in [0.1, 0.15) is 11.6 Å². The highest BCUT2D eigenvalue weighted by molar-refractivity contribution is 7.94. The van der Waals surface area contributed by atoms with Crippen molar-refractivity contribution in [3.05, 3.63) is 35.2 Å². The number of aromatic nitrogens is 1. The number of hydrogen-bond donors (Lipinski definition) is 2. The highest BCUT2D eigenvalue weighted by Gasteiger charge is 2.18. The minimum absolute atomic E-state index is 0.0312. The van der Waals surface area contributed by atoms with E-state index in [-0.39, 0.29) is 9.90 Å². The van der Waals surface area contributed by atoms with Gasteiger partial charge in [-0.05, 0) is 19.1 Å². The van der Waals surface area contributed by atoms with Gasteiger partial charge in [0, 0.05) is 6.07 Å². The zero-order chi connectivity index (χ0) is 13.3. The monoisotopic (exact) mass is 288 g/mol. The Morgan fingerprint density at radius 2 is 2.17 bits per heavy atom. The van der Waals surface area contributed by atoms with Gasteiger partial charge in [0.2, 0.25) is 0 Å². The van der Waals surface area contributed by atoms with E-state index in [9.17, 15) is 17.9 Å². The maximum atomic E-state index is 12.8. The van der Waals surface area contributed by atoms with E-state index in [0.717, 1.165) is 29.5 Å². The summed E-state index contributed by atoms with van der Waals surface area (Å²) in [5, 5.41) is 10.0. The maximum absolute atomic E-state index is 12.8. The van der Waals surface area contributed by atoms with Crippen LogP contribution in [0.25, 0.3) is 0 Å². The second kappa shape index (κ2) is 4.54. The summed E-state index contributed by atoms with van der Waals surface area (Å²) in [6.07, 6.45) is 1.23. The van der Waals surface area contributed by atoms with Crippen molar-refractivity contribution in [3.8, 4) is 5.75 Å². The quantitative estimate of drug-likeness (QED) is 0.848. The summed E-state index contributed by atoms with van der Waals surface area (Å²) < 4.78 is 38.8. The highest BCUT2D eigenvalue weighted by Crippen LogP contribution is 2.27. The average molecular weight is 288 g/mol. The van der Waals surface area contributed by atoms with E-state index < -0.39 is 21.6 Å². The molecule has 0 saturated carbocycles. The van der Waals surface area contributed by atoms with Gasteiger partial charge in [-0.3, -0.25) is 4.72 Å². The Bertz CT molecular complexity index is 682. The average Bonchev–Trinajstić information content (AvgIpc) is 2.70. The molecule has 0 atom stereocenters. The van der Waals surface area contributed by atoms with Crippen molar-refractivity contribution in [1.82, 2.24) is 4.98 Å². The fourth-order valence-corrected chi connectivity index (χ4v) is 3.43. The third kappa shape index (κ3) is 2.59. The van der Waals surface area contributed by atoms with E-state index in [1.165, 1.54) is 6.20 Å². The normalized spacial score (nSPS) is 11.4. The molecule has 0 unspecified atom stereocenters. The first kappa shape index (κ1) is 12.8. The zero-order valence-electron chi connectivity index (χ0n) is 9.21. The third-order valence-corrected chi connectivity index (χ3v) is 4.81. The Morgan fingerprint density at radius 3 is 2.72 bits per heavy atom. The molecule has 2 aromatic rings. The summed E-state index contributed by atoms with van der Waals surface area (Å²) in [4.78, 5) is 3.84. The molecular formula is C10H9FN2O3S2. The smallest absolute Gasteiger partial charge is 0.273 e. The first-order valence-electron chi connectivity index (χ1n) is 4.82. The Labute approximate surface area is 107 Å². The molecule has 1 aromatic carbocycles. The van der Waals surface area contributed by atoms with Gasteiger partial charge >= 0.3 is 0 Å². The van der Waals surface area contributed by atoms with E-state index in [0.29, 0.717) is 5.01 Å². The van der Waals surface area contributed by atoms with Gasteiger partial charge in [0.15, 0.2) is 4.21 Å². The first-order chi connectivity index (χ1) is 8.38. The molecule has 18 heavy (non-hydrogen) atoms. The van der Waals surface area contributed by atoms with Crippen molar-refractivity contribution in [2.75, 3.05) is 4.72 Å². The number of aryl methyl sites for hydroxylation is 1. The van der Waals surface area contributed by atoms with Crippen LogP contribution in [-0.2, 0) is 10.0 Å². The molecule has 2 rings (SSSR count). The highest BCUT2D eigenvalue weighted by atomic mass is 32.2. The molecule has 0 bridgehead atoms. The Morgan fingerprint density at radius 1 is 1.44 bits per heavy atom. The van der Waals surface area contributed by atoms with Gasteiger partial charge in [-0.2, -0.15) is 0 Å². The van der Waals surface area contributed by atoms with Gasteiger partial charge in [-0.25, -0.2) is 17.8 Å². The molecule has 0 radical (unpaired) electrons. The number of halogens is 1. The number of rotatable bonds is 3. The largest absolute Gasteiger partial charge is 0.506 e. The van der Waals surface area contributed by atoms with Crippen LogP contribution in [0.4, 0.5) is 10.1 Å². The predicted molar refractivity (Wildman–Crippen MR) is 65.7 cm³/mol. The number of thiazole rings is 1. The van der Waals surface area contributed by atoms with Crippen LogP contribution in [0.15, 0.2) is 28.6 Å². The second-order valence-electron chi connectivity index (χ2n) is 3.47. The van der Waals surface area contributed by atoms with Crippen molar-refractivity contribution >= 4 is 27.0 Å². The minimum atomic E-state index is -3.80. The summed E-state index contributed by atoms with van der Waals surface area (Å²) in [6, 6.07) is 3.03. The number of sulfonamides is 1. The molecule has 1 aromatic heterocycles. The Balaban J connectivity index is 2.33. The topological polar surface area (TPSA) is 79.3 Å². The van der Waals surface area contributed by atoms with Gasteiger partial charge in [0.05, 0.1) is 16.9 Å². The van der Waals surface area contributed by atoms with Crippen molar-refractivity contribution < 1.29 is 17.9 Å². The van der Waals surface area contributed by atoms with Crippen LogP contribution in [0.5, 0.6) is 5.75 Å². The van der Waals surface area contributed by atoms with Crippen molar-refractivity contribution in [2.45, 2.75) is 11.1 Å². The maximum Gasteiger partial charge on any atom is 0.273 e. The van der Waals surface area contributed by atoms with Crippen LogP contribution in [0.3, 0.4) is 0 Å². The molecule has 0 spiro atoms. The number of anilines is 1. The van der Waals surface area contributed by atoms with Crippen molar-refractivity contribution in [1.29, 1.82) is 0 Å². The molecular weight excluding hydrogens is 279 g/mol. The van der Waals surface area contributed by atoms with E-state index >= 15 is 0 Å². The van der Waals surface area contributed by atoms with Crippen LogP contribution >= 0.6 is 11.3 Å². The number of nitrogens with one attached hydrogen (secondary N) is 1. The fraction of sp³-hybridized carbons (Fsp3) is 0.100. The Hall–Kier alpha value is -1.67. The molecule has 0 amide bonds. The molecule has 0 aliphatic rings. The number of benzene rings is 1. The lowest BCUT2D eigenvalue weighted by Gasteiger charge is -2.07. The van der Waals surface area contributed by atoms with Gasteiger partial charge in [0.25, 0.3) is 10.0 Å². The molecule has 0 saturated heterocycles. The van der Waals surface area contributed by atoms with E-state index in [1.807, 2.05) is 0 Å². The predicted octanol–water partition coefficient (Wildman–Crippen LogP) is 2.10. The van der Waals surface area contributed by atoms with Gasteiger partial charge in [-0.15, -0.1) is 11.3 Å². The minimum Gasteiger partial charge on any atom is -0.506 e. The zero-order valence-corrected chi connectivity index (χ0v) is 10.8. The van der Waals surface area contributed by atoms with Crippen LogP contribution in [-0.4, -0.2) is 18.5 Å². The molecule has 2 N–H and O–H groups in total. The second-order valence-corrected chi connectivity index (χ2v) is 6.61. The number of aromatic hydroxyl groups is 1. The summed E-state index contributed by atoms with van der Waals surface area (Å²) >= 11 is 1.01. The summed E-state index contributed by atoms with van der Waals surface area (Å²) in [6.45, 7) is 1.68. The van der Waals surface area contributed by atoms with E-state index in [1.54, 1.807) is 6.92 Å². The summed E-state index contributed by atoms with van der Waals surface area (Å²) in [7, 11) is -3.80. The van der Waals surface area contributed by atoms with Crippen LogP contribution < -0.4 is 4.72 Å². The Kier molecular flexibility index (Phi) is 3.22. The number of nitrogens with zero attached hydrogens (tertiary/aromatic N) is 1. The number of phenolic OH excluding ortho intramolecular Hbond substituents is 1. The molecule has 0 aliphatic heterocycles. The lowest BCUT2D eigenvalue weighted by Crippen LogP contribution is -2.11. The fourth-order valence-electron chi connectivity index (χ4n) is 1.25. The molecule has 8 heteroatoms.